The summed E-state index contributed by atoms with van der Waals surface area (Å²) in [4.78, 5) is 29.6. The normalized spacial score (nSPS) is 14.2. The second kappa shape index (κ2) is 11.9. The molecule has 1 aromatic heterocycles. The molecule has 0 unspecified atom stereocenters. The van der Waals surface area contributed by atoms with E-state index in [1.165, 1.54) is 17.0 Å². The lowest BCUT2D eigenvalue weighted by atomic mass is 9.88. The summed E-state index contributed by atoms with van der Waals surface area (Å²) in [5.41, 5.74) is 1.24. The average Bonchev–Trinajstić information content (AvgIpc) is 2.94. The van der Waals surface area contributed by atoms with Gasteiger partial charge in [0.1, 0.15) is 12.4 Å². The first-order valence-electron chi connectivity index (χ1n) is 12.4. The first-order chi connectivity index (χ1) is 18.8. The first-order valence-corrected chi connectivity index (χ1v) is 14.0. The third kappa shape index (κ3) is 6.00. The van der Waals surface area contributed by atoms with Gasteiger partial charge in [-0.25, -0.2) is 4.98 Å². The molecule has 1 heterocycles. The second-order valence-electron chi connectivity index (χ2n) is 9.33. The van der Waals surface area contributed by atoms with Crippen LogP contribution in [0, 0.1) is 10.1 Å². The minimum Gasteiger partial charge on any atom is -0.481 e. The zero-order chi connectivity index (χ0) is 27.5. The number of nitro benzene ring substituents is 1. The van der Waals surface area contributed by atoms with Gasteiger partial charge in [-0.05, 0) is 64.7 Å². The van der Waals surface area contributed by atoms with E-state index in [1.54, 1.807) is 36.4 Å². The highest BCUT2D eigenvalue weighted by molar-refractivity contribution is 9.10. The van der Waals surface area contributed by atoms with Crippen molar-refractivity contribution in [3.05, 3.63) is 107 Å². The Morgan fingerprint density at radius 2 is 1.87 bits per heavy atom. The Morgan fingerprint density at radius 1 is 1.10 bits per heavy atom. The van der Waals surface area contributed by atoms with Crippen LogP contribution in [0.5, 0.6) is 5.75 Å². The molecule has 4 aromatic rings. The molecule has 1 aliphatic carbocycles. The summed E-state index contributed by atoms with van der Waals surface area (Å²) in [7, 11) is 0. The molecule has 0 aliphatic heterocycles. The van der Waals surface area contributed by atoms with Gasteiger partial charge in [-0.3, -0.25) is 14.9 Å². The maximum Gasteiger partial charge on any atom is 0.312 e. The van der Waals surface area contributed by atoms with Crippen molar-refractivity contribution in [1.82, 2.24) is 9.66 Å². The highest BCUT2D eigenvalue weighted by Crippen LogP contribution is 2.37. The molecule has 0 radical (unpaired) electrons. The topological polar surface area (TPSA) is 99.6 Å². The molecule has 0 atom stereocenters. The number of rotatable bonds is 7. The Labute approximate surface area is 242 Å². The standard InChI is InChI=1S/C28H23BrCl2N4O4/c29-21-12-18(14-25(35(37)38)26(21)39-16-17-10-11-22(30)23(31)13-17)15-32-34-27(19-6-2-1-3-7-19)33-24-9-5-4-8-20(24)28(34)36/h4-5,8-15,19H,1-3,6-7,16H2. The van der Waals surface area contributed by atoms with Gasteiger partial charge in [-0.1, -0.05) is 60.7 Å². The van der Waals surface area contributed by atoms with Crippen molar-refractivity contribution in [1.29, 1.82) is 0 Å². The summed E-state index contributed by atoms with van der Waals surface area (Å²) in [5.74, 6) is 0.798. The van der Waals surface area contributed by atoms with E-state index in [0.29, 0.717) is 42.4 Å². The Hall–Kier alpha value is -3.27. The van der Waals surface area contributed by atoms with Crippen LogP contribution in [0.25, 0.3) is 10.9 Å². The largest absolute Gasteiger partial charge is 0.481 e. The molecule has 11 heteroatoms. The Bertz CT molecular complexity index is 1650. The number of aromatic nitrogens is 2. The van der Waals surface area contributed by atoms with E-state index >= 15 is 0 Å². The lowest BCUT2D eigenvalue weighted by Crippen LogP contribution is -2.25. The molecule has 0 spiro atoms. The van der Waals surface area contributed by atoms with Crippen LogP contribution in [-0.2, 0) is 6.61 Å². The fraction of sp³-hybridized carbons (Fsp3) is 0.250. The Kier molecular flexibility index (Phi) is 8.30. The van der Waals surface area contributed by atoms with E-state index in [-0.39, 0.29) is 29.5 Å². The van der Waals surface area contributed by atoms with Crippen molar-refractivity contribution in [3.8, 4) is 5.75 Å². The summed E-state index contributed by atoms with van der Waals surface area (Å²) in [6, 6.07) is 15.2. The fourth-order valence-corrected chi connectivity index (χ4v) is 5.64. The smallest absolute Gasteiger partial charge is 0.312 e. The van der Waals surface area contributed by atoms with Crippen molar-refractivity contribution < 1.29 is 9.66 Å². The van der Waals surface area contributed by atoms with Crippen LogP contribution < -0.4 is 10.3 Å². The van der Waals surface area contributed by atoms with Crippen LogP contribution >= 0.6 is 39.1 Å². The van der Waals surface area contributed by atoms with Crippen LogP contribution in [-0.4, -0.2) is 20.8 Å². The molecule has 8 nitrogen and oxygen atoms in total. The van der Waals surface area contributed by atoms with Gasteiger partial charge in [0, 0.05) is 17.5 Å². The number of halogens is 3. The maximum atomic E-state index is 13.4. The van der Waals surface area contributed by atoms with Gasteiger partial charge in [0.25, 0.3) is 5.56 Å². The maximum absolute atomic E-state index is 13.4. The molecule has 0 amide bonds. The molecule has 3 aromatic carbocycles. The van der Waals surface area contributed by atoms with E-state index in [2.05, 4.69) is 21.0 Å². The molecule has 0 saturated heterocycles. The van der Waals surface area contributed by atoms with Crippen molar-refractivity contribution in [2.45, 2.75) is 44.6 Å². The number of ether oxygens (including phenoxy) is 1. The van der Waals surface area contributed by atoms with Crippen LogP contribution in [0.4, 0.5) is 5.69 Å². The van der Waals surface area contributed by atoms with Crippen molar-refractivity contribution >= 4 is 61.9 Å². The van der Waals surface area contributed by atoms with Crippen LogP contribution in [0.1, 0.15) is 55.0 Å². The van der Waals surface area contributed by atoms with Gasteiger partial charge in [-0.15, -0.1) is 0 Å². The summed E-state index contributed by atoms with van der Waals surface area (Å²) < 4.78 is 7.50. The van der Waals surface area contributed by atoms with Gasteiger partial charge < -0.3 is 4.74 Å². The van der Waals surface area contributed by atoms with Gasteiger partial charge in [0.2, 0.25) is 5.75 Å². The highest BCUT2D eigenvalue weighted by atomic mass is 79.9. The molecule has 0 N–H and O–H groups in total. The number of nitro groups is 1. The van der Waals surface area contributed by atoms with Crippen molar-refractivity contribution in [3.63, 3.8) is 0 Å². The van der Waals surface area contributed by atoms with Crippen LogP contribution in [0.3, 0.4) is 0 Å². The third-order valence-corrected chi connectivity index (χ3v) is 8.01. The van der Waals surface area contributed by atoms with Crippen LogP contribution in [0.15, 0.2) is 69.0 Å². The molecule has 39 heavy (non-hydrogen) atoms. The van der Waals surface area contributed by atoms with Gasteiger partial charge in [-0.2, -0.15) is 9.78 Å². The van der Waals surface area contributed by atoms with E-state index in [1.807, 2.05) is 12.1 Å². The summed E-state index contributed by atoms with van der Waals surface area (Å²) in [6.07, 6.45) is 6.60. The van der Waals surface area contributed by atoms with E-state index < -0.39 is 4.92 Å². The molecular formula is C28H23BrCl2N4O4. The predicted octanol–water partition coefficient (Wildman–Crippen LogP) is 7.88. The fourth-order valence-electron chi connectivity index (χ4n) is 4.74. The number of nitrogens with zero attached hydrogens (tertiary/aromatic N) is 4. The van der Waals surface area contributed by atoms with Crippen molar-refractivity contribution in [2.75, 3.05) is 0 Å². The molecular weight excluding hydrogens is 607 g/mol. The average molecular weight is 630 g/mol. The highest BCUT2D eigenvalue weighted by Gasteiger charge is 2.23. The molecule has 1 aliphatic rings. The zero-order valence-corrected chi connectivity index (χ0v) is 23.7. The summed E-state index contributed by atoms with van der Waals surface area (Å²) in [6.45, 7) is 0.0483. The number of fused-ring (bicyclic) bond motifs is 1. The Morgan fingerprint density at radius 3 is 2.62 bits per heavy atom. The predicted molar refractivity (Wildman–Crippen MR) is 156 cm³/mol. The molecule has 1 fully saturated rings. The minimum absolute atomic E-state index is 0.0483. The molecule has 0 bridgehead atoms. The third-order valence-electron chi connectivity index (χ3n) is 6.68. The van der Waals surface area contributed by atoms with E-state index in [9.17, 15) is 14.9 Å². The Balaban J connectivity index is 1.50. The SMILES string of the molecule is O=c1c2ccccc2nc(C2CCCCC2)n1N=Cc1cc(Br)c(OCc2ccc(Cl)c(Cl)c2)c([N+](=O)[O-])c1. The zero-order valence-electron chi connectivity index (χ0n) is 20.6. The lowest BCUT2D eigenvalue weighted by molar-refractivity contribution is -0.386. The number of hydrogen-bond acceptors (Lipinski definition) is 6. The second-order valence-corrected chi connectivity index (χ2v) is 11.0. The monoisotopic (exact) mass is 628 g/mol. The number of benzene rings is 3. The van der Waals surface area contributed by atoms with Gasteiger partial charge in [0.05, 0.1) is 36.6 Å². The lowest BCUT2D eigenvalue weighted by Gasteiger charge is -2.22. The van der Waals surface area contributed by atoms with E-state index in [4.69, 9.17) is 32.9 Å². The van der Waals surface area contributed by atoms with Gasteiger partial charge in [0.15, 0.2) is 0 Å². The number of para-hydroxylation sites is 1. The summed E-state index contributed by atoms with van der Waals surface area (Å²) in [5, 5.41) is 17.7. The summed E-state index contributed by atoms with van der Waals surface area (Å²) >= 11 is 15.4. The van der Waals surface area contributed by atoms with Crippen LogP contribution in [0.2, 0.25) is 10.0 Å². The number of hydrogen-bond donors (Lipinski definition) is 0. The van der Waals surface area contributed by atoms with Crippen molar-refractivity contribution in [2.24, 2.45) is 5.10 Å². The minimum atomic E-state index is -0.524. The quantitative estimate of drug-likeness (QED) is 0.118. The van der Waals surface area contributed by atoms with Gasteiger partial charge >= 0.3 is 5.69 Å². The molecule has 1 saturated carbocycles. The van der Waals surface area contributed by atoms with E-state index in [0.717, 1.165) is 32.1 Å². The molecule has 5 rings (SSSR count). The molecule has 200 valence electrons. The first kappa shape index (κ1) is 27.3.